The van der Waals surface area contributed by atoms with E-state index in [-0.39, 0.29) is 29.1 Å². The van der Waals surface area contributed by atoms with Crippen molar-refractivity contribution in [2.45, 2.75) is 54.6 Å². The third-order valence-electron chi connectivity index (χ3n) is 7.94. The smallest absolute Gasteiger partial charge is 0.244 e. The Morgan fingerprint density at radius 2 is 1.91 bits per heavy atom. The van der Waals surface area contributed by atoms with Crippen LogP contribution in [0.1, 0.15) is 39.0 Å². The van der Waals surface area contributed by atoms with E-state index < -0.39 is 22.6 Å². The van der Waals surface area contributed by atoms with Gasteiger partial charge in [-0.3, -0.25) is 19.3 Å². The number of carbonyl (C=O) groups excluding carboxylic acids is 3. The molecule has 3 N–H and O–H groups in total. The second-order valence-corrected chi connectivity index (χ2v) is 11.8. The number of nitrogens with zero attached hydrogens (tertiary/aromatic N) is 2. The van der Waals surface area contributed by atoms with Crippen molar-refractivity contribution >= 4 is 29.5 Å². The number of nitrogens with one attached hydrogen (secondary N) is 2. The zero-order valence-corrected chi connectivity index (χ0v) is 20.6. The van der Waals surface area contributed by atoms with Gasteiger partial charge in [-0.05, 0) is 39.0 Å². The largest absolute Gasteiger partial charge is 0.396 e. The predicted octanol–water partition coefficient (Wildman–Crippen LogP) is -0.175. The summed E-state index contributed by atoms with van der Waals surface area (Å²) in [7, 11) is 1.62. The minimum absolute atomic E-state index is 0.0585. The van der Waals surface area contributed by atoms with Gasteiger partial charge in [-0.25, -0.2) is 0 Å². The number of unbranched alkanes of at least 4 members (excludes halogenated alkanes) is 2. The monoisotopic (exact) mass is 482 g/mol. The van der Waals surface area contributed by atoms with E-state index in [1.807, 2.05) is 0 Å². The Kier molecular flexibility index (Phi) is 7.57. The van der Waals surface area contributed by atoms with Crippen molar-refractivity contribution < 1.29 is 24.2 Å². The van der Waals surface area contributed by atoms with Crippen molar-refractivity contribution in [2.24, 2.45) is 11.8 Å². The minimum atomic E-state index is -0.560. The van der Waals surface area contributed by atoms with Crippen LogP contribution in [0.25, 0.3) is 0 Å². The van der Waals surface area contributed by atoms with Crippen LogP contribution in [0.4, 0.5) is 0 Å². The van der Waals surface area contributed by atoms with Gasteiger partial charge in [0.2, 0.25) is 17.7 Å². The Bertz CT molecular complexity index is 763. The first-order valence-corrected chi connectivity index (χ1v) is 13.1. The number of morpholine rings is 1. The van der Waals surface area contributed by atoms with Crippen LogP contribution in [0.5, 0.6) is 0 Å². The third-order valence-corrected chi connectivity index (χ3v) is 9.93. The van der Waals surface area contributed by atoms with Crippen molar-refractivity contribution in [3.8, 4) is 0 Å². The molecular formula is C23H38N4O5S. The summed E-state index contributed by atoms with van der Waals surface area (Å²) in [5.74, 6) is -1.14. The average molecular weight is 483 g/mol. The first kappa shape index (κ1) is 24.8. The lowest BCUT2D eigenvalue weighted by atomic mass is 9.66. The number of carbonyl (C=O) groups is 3. The number of rotatable bonds is 10. The van der Waals surface area contributed by atoms with Crippen LogP contribution in [0.3, 0.4) is 0 Å². The normalized spacial score (nSPS) is 35.7. The first-order valence-electron chi connectivity index (χ1n) is 12.3. The van der Waals surface area contributed by atoms with Gasteiger partial charge < -0.3 is 25.4 Å². The van der Waals surface area contributed by atoms with Gasteiger partial charge in [0.25, 0.3) is 0 Å². The number of ether oxygens (including phenoxy) is 1. The van der Waals surface area contributed by atoms with Gasteiger partial charge >= 0.3 is 0 Å². The number of fused-ring (bicyclic) bond motifs is 1. The van der Waals surface area contributed by atoms with Gasteiger partial charge in [-0.15, -0.1) is 11.8 Å². The molecule has 4 aliphatic heterocycles. The van der Waals surface area contributed by atoms with Crippen LogP contribution in [0, 0.1) is 11.8 Å². The summed E-state index contributed by atoms with van der Waals surface area (Å²) in [6.45, 7) is 7.14. The summed E-state index contributed by atoms with van der Waals surface area (Å²) < 4.78 is 4.52. The molecule has 33 heavy (non-hydrogen) atoms. The number of likely N-dealkylation sites (tertiary alicyclic amines) is 1. The van der Waals surface area contributed by atoms with E-state index in [9.17, 15) is 14.4 Å². The number of aliphatic hydroxyl groups is 1. The van der Waals surface area contributed by atoms with Gasteiger partial charge in [0.15, 0.2) is 0 Å². The number of hydrogen-bond donors (Lipinski definition) is 3. The highest BCUT2D eigenvalue weighted by Crippen LogP contribution is 2.71. The fourth-order valence-electron chi connectivity index (χ4n) is 6.35. The molecule has 0 saturated carbocycles. The maximum absolute atomic E-state index is 13.7. The van der Waals surface area contributed by atoms with Crippen LogP contribution >= 0.6 is 11.8 Å². The maximum atomic E-state index is 13.7. The molecule has 2 bridgehead atoms. The summed E-state index contributed by atoms with van der Waals surface area (Å²) in [6.07, 6.45) is 3.81. The third kappa shape index (κ3) is 4.39. The first-order chi connectivity index (χ1) is 15.9. The number of aliphatic hydroxyl groups excluding tert-OH is 1. The Balaban J connectivity index is 1.53. The highest BCUT2D eigenvalue weighted by Gasteiger charge is 2.76. The Morgan fingerprint density at radius 1 is 1.15 bits per heavy atom. The van der Waals surface area contributed by atoms with E-state index in [0.29, 0.717) is 32.7 Å². The second kappa shape index (κ2) is 10.1. The fraction of sp³-hybridized carbons (Fsp3) is 0.870. The summed E-state index contributed by atoms with van der Waals surface area (Å²) in [5.41, 5.74) is 0. The van der Waals surface area contributed by atoms with Gasteiger partial charge in [0.05, 0.1) is 29.8 Å². The van der Waals surface area contributed by atoms with E-state index in [1.54, 1.807) is 23.7 Å². The van der Waals surface area contributed by atoms with Crippen LogP contribution < -0.4 is 10.6 Å². The van der Waals surface area contributed by atoms with Crippen molar-refractivity contribution in [1.29, 1.82) is 0 Å². The van der Waals surface area contributed by atoms with Gasteiger partial charge in [0.1, 0.15) is 6.04 Å². The second-order valence-electron chi connectivity index (χ2n) is 9.90. The standard InChI is InChI=1S/C23H38N4O5S/c1-22-6-7-23(33-22)17(16(22)19(29)24-2)21(31)27(9-4-3-5-13-28)18(23)20(30)25-8-10-26-11-14-32-15-12-26/h16-18,28H,3-15H2,1-2H3,(H,24,29)(H,25,30)/t16-,17+,18?,22+,23?/m1/s1. The van der Waals surface area contributed by atoms with E-state index in [2.05, 4.69) is 22.5 Å². The highest BCUT2D eigenvalue weighted by molar-refractivity contribution is 8.02. The molecule has 0 aromatic carbocycles. The minimum Gasteiger partial charge on any atom is -0.396 e. The molecule has 1 spiro atoms. The molecule has 4 aliphatic rings. The summed E-state index contributed by atoms with van der Waals surface area (Å²) >= 11 is 1.70. The number of hydrogen-bond acceptors (Lipinski definition) is 7. The van der Waals surface area contributed by atoms with Crippen molar-refractivity contribution in [3.63, 3.8) is 0 Å². The average Bonchev–Trinajstić information content (AvgIpc) is 3.38. The lowest BCUT2D eigenvalue weighted by Crippen LogP contribution is -2.54. The highest BCUT2D eigenvalue weighted by atomic mass is 32.2. The lowest BCUT2D eigenvalue weighted by Gasteiger charge is -2.35. The van der Waals surface area contributed by atoms with Crippen LogP contribution in [-0.2, 0) is 19.1 Å². The summed E-state index contributed by atoms with van der Waals surface area (Å²) in [5, 5.41) is 15.0. The van der Waals surface area contributed by atoms with Crippen molar-refractivity contribution in [2.75, 3.05) is 59.6 Å². The SMILES string of the molecule is CNC(=O)[C@H]1[C@H]2C(=O)N(CCCCCO)C(C(=O)NCCN3CCOCC3)C23CC[C@]1(C)S3. The summed E-state index contributed by atoms with van der Waals surface area (Å²) in [4.78, 5) is 44.2. The quantitative estimate of drug-likeness (QED) is 0.371. The Labute approximate surface area is 200 Å². The van der Waals surface area contributed by atoms with E-state index in [4.69, 9.17) is 9.84 Å². The molecule has 0 aromatic heterocycles. The molecule has 0 aromatic rings. The predicted molar refractivity (Wildman–Crippen MR) is 126 cm³/mol. The molecule has 4 saturated heterocycles. The topological polar surface area (TPSA) is 111 Å². The Morgan fingerprint density at radius 3 is 2.61 bits per heavy atom. The van der Waals surface area contributed by atoms with E-state index >= 15 is 0 Å². The van der Waals surface area contributed by atoms with E-state index in [1.165, 1.54) is 0 Å². The molecule has 0 radical (unpaired) electrons. The molecule has 4 rings (SSSR count). The van der Waals surface area contributed by atoms with Gasteiger partial charge in [0, 0.05) is 51.1 Å². The van der Waals surface area contributed by atoms with Crippen LogP contribution in [0.15, 0.2) is 0 Å². The molecule has 10 heteroatoms. The summed E-state index contributed by atoms with van der Waals surface area (Å²) in [6, 6.07) is -0.560. The lowest BCUT2D eigenvalue weighted by molar-refractivity contribution is -0.140. The van der Waals surface area contributed by atoms with Crippen molar-refractivity contribution in [3.05, 3.63) is 0 Å². The molecule has 4 heterocycles. The molecule has 9 nitrogen and oxygen atoms in total. The molecular weight excluding hydrogens is 444 g/mol. The number of thioether (sulfide) groups is 1. The molecule has 3 amide bonds. The molecule has 186 valence electrons. The molecule has 4 fully saturated rings. The molecule has 2 unspecified atom stereocenters. The van der Waals surface area contributed by atoms with Crippen LogP contribution in [0.2, 0.25) is 0 Å². The maximum Gasteiger partial charge on any atom is 0.244 e. The molecule has 5 atom stereocenters. The van der Waals surface area contributed by atoms with Crippen LogP contribution in [-0.4, -0.2) is 108 Å². The van der Waals surface area contributed by atoms with Gasteiger partial charge in [-0.2, -0.15) is 0 Å². The zero-order valence-electron chi connectivity index (χ0n) is 19.8. The zero-order chi connectivity index (χ0) is 23.6. The Hall–Kier alpha value is -1.36. The number of amides is 3. The fourth-order valence-corrected chi connectivity index (χ4v) is 8.71. The van der Waals surface area contributed by atoms with E-state index in [0.717, 1.165) is 45.3 Å². The van der Waals surface area contributed by atoms with Gasteiger partial charge in [-0.1, -0.05) is 0 Å². The van der Waals surface area contributed by atoms with Crippen molar-refractivity contribution in [1.82, 2.24) is 20.4 Å². The molecule has 0 aliphatic carbocycles.